The topological polar surface area (TPSA) is 50.8 Å². The predicted octanol–water partition coefficient (Wildman–Crippen LogP) is 1.17. The molecule has 0 aromatic carbocycles. The van der Waals surface area contributed by atoms with Gasteiger partial charge in [-0.25, -0.2) is 0 Å². The van der Waals surface area contributed by atoms with E-state index in [9.17, 15) is 4.79 Å². The van der Waals surface area contributed by atoms with Crippen LogP contribution in [-0.4, -0.2) is 61.9 Å². The molecule has 0 radical (unpaired) electrons. The lowest BCUT2D eigenvalue weighted by Gasteiger charge is -2.32. The van der Waals surface area contributed by atoms with Crippen LogP contribution in [0.15, 0.2) is 0 Å². The molecule has 0 spiro atoms. The van der Waals surface area contributed by atoms with Crippen molar-refractivity contribution in [1.29, 1.82) is 0 Å². The Morgan fingerprint density at radius 3 is 2.75 bits per heavy atom. The van der Waals surface area contributed by atoms with Crippen LogP contribution in [0.1, 0.15) is 39.5 Å². The lowest BCUT2D eigenvalue weighted by molar-refractivity contribution is -0.151. The van der Waals surface area contributed by atoms with Crippen LogP contribution in [0.2, 0.25) is 0 Å². The number of rotatable bonds is 8. The summed E-state index contributed by atoms with van der Waals surface area (Å²) in [6.45, 7) is 6.81. The molecule has 2 rings (SSSR count). The van der Waals surface area contributed by atoms with Crippen LogP contribution in [0.25, 0.3) is 0 Å². The second kappa shape index (κ2) is 6.87. The highest BCUT2D eigenvalue weighted by Gasteiger charge is 2.39. The molecule has 1 aliphatic heterocycles. The quantitative estimate of drug-likeness (QED) is 0.678. The van der Waals surface area contributed by atoms with Crippen LogP contribution in [0.5, 0.6) is 0 Å². The van der Waals surface area contributed by atoms with E-state index in [-0.39, 0.29) is 5.97 Å². The van der Waals surface area contributed by atoms with Crippen molar-refractivity contribution < 1.29 is 14.3 Å². The first-order valence-electron chi connectivity index (χ1n) is 7.78. The predicted molar refractivity (Wildman–Crippen MR) is 77.7 cm³/mol. The van der Waals surface area contributed by atoms with Gasteiger partial charge in [0.15, 0.2) is 0 Å². The van der Waals surface area contributed by atoms with E-state index >= 15 is 0 Å². The molecule has 2 atom stereocenters. The second-order valence-corrected chi connectivity index (χ2v) is 6.22. The van der Waals surface area contributed by atoms with E-state index in [4.69, 9.17) is 9.47 Å². The Balaban J connectivity index is 1.87. The molecule has 5 nitrogen and oxygen atoms in total. The van der Waals surface area contributed by atoms with Gasteiger partial charge < -0.3 is 14.4 Å². The van der Waals surface area contributed by atoms with E-state index < -0.39 is 5.54 Å². The SMILES string of the molecule is CCOC(=O)C(C)(CCN(C)C1CCOC1)NC1CC1. The van der Waals surface area contributed by atoms with Crippen LogP contribution in [0, 0.1) is 0 Å². The third-order valence-electron chi connectivity index (χ3n) is 4.32. The Morgan fingerprint density at radius 2 is 2.20 bits per heavy atom. The van der Waals surface area contributed by atoms with Crippen molar-refractivity contribution in [3.05, 3.63) is 0 Å². The highest BCUT2D eigenvalue weighted by Crippen LogP contribution is 2.25. The third kappa shape index (κ3) is 4.17. The maximum Gasteiger partial charge on any atom is 0.326 e. The molecule has 0 amide bonds. The molecule has 5 heteroatoms. The molecule has 0 aromatic rings. The summed E-state index contributed by atoms with van der Waals surface area (Å²) in [7, 11) is 2.11. The first-order chi connectivity index (χ1) is 9.55. The van der Waals surface area contributed by atoms with Crippen molar-refractivity contribution in [1.82, 2.24) is 10.2 Å². The van der Waals surface area contributed by atoms with Crippen molar-refractivity contribution >= 4 is 5.97 Å². The van der Waals surface area contributed by atoms with Crippen LogP contribution in [0.3, 0.4) is 0 Å². The summed E-state index contributed by atoms with van der Waals surface area (Å²) in [5, 5.41) is 3.47. The Hall–Kier alpha value is -0.650. The number of ether oxygens (including phenoxy) is 2. The fraction of sp³-hybridized carbons (Fsp3) is 0.933. The molecule has 116 valence electrons. The fourth-order valence-corrected chi connectivity index (χ4v) is 2.65. The van der Waals surface area contributed by atoms with Gasteiger partial charge in [0.1, 0.15) is 5.54 Å². The Kier molecular flexibility index (Phi) is 5.41. The molecular weight excluding hydrogens is 256 g/mol. The molecule has 1 N–H and O–H groups in total. The lowest BCUT2D eigenvalue weighted by Crippen LogP contribution is -2.53. The number of hydrogen-bond donors (Lipinski definition) is 1. The van der Waals surface area contributed by atoms with Gasteiger partial charge in [-0.15, -0.1) is 0 Å². The number of nitrogens with one attached hydrogen (secondary N) is 1. The summed E-state index contributed by atoms with van der Waals surface area (Å²) in [5.74, 6) is -0.122. The highest BCUT2D eigenvalue weighted by molar-refractivity contribution is 5.80. The minimum atomic E-state index is -0.565. The number of esters is 1. The van der Waals surface area contributed by atoms with E-state index in [0.717, 1.165) is 32.6 Å². The molecule has 0 bridgehead atoms. The summed E-state index contributed by atoms with van der Waals surface area (Å²) < 4.78 is 10.7. The zero-order valence-electron chi connectivity index (χ0n) is 13.0. The maximum atomic E-state index is 12.2. The average molecular weight is 284 g/mol. The van der Waals surface area contributed by atoms with Crippen LogP contribution < -0.4 is 5.32 Å². The van der Waals surface area contributed by atoms with Gasteiger partial charge in [-0.1, -0.05) is 0 Å². The van der Waals surface area contributed by atoms with Gasteiger partial charge in [0.2, 0.25) is 0 Å². The van der Waals surface area contributed by atoms with Crippen molar-refractivity contribution in [2.75, 3.05) is 33.4 Å². The lowest BCUT2D eigenvalue weighted by atomic mass is 9.97. The summed E-state index contributed by atoms with van der Waals surface area (Å²) in [6.07, 6.45) is 4.20. The van der Waals surface area contributed by atoms with E-state index in [0.29, 0.717) is 18.7 Å². The molecule has 0 aromatic heterocycles. The summed E-state index contributed by atoms with van der Waals surface area (Å²) >= 11 is 0. The summed E-state index contributed by atoms with van der Waals surface area (Å²) in [4.78, 5) is 14.5. The first-order valence-corrected chi connectivity index (χ1v) is 7.78. The Morgan fingerprint density at radius 1 is 1.45 bits per heavy atom. The second-order valence-electron chi connectivity index (χ2n) is 6.22. The van der Waals surface area contributed by atoms with Crippen LogP contribution in [-0.2, 0) is 14.3 Å². The number of nitrogens with zero attached hydrogens (tertiary/aromatic N) is 1. The zero-order chi connectivity index (χ0) is 14.6. The molecule has 20 heavy (non-hydrogen) atoms. The van der Waals surface area contributed by atoms with Crippen molar-refractivity contribution in [3.63, 3.8) is 0 Å². The Bertz CT molecular complexity index is 327. The van der Waals surface area contributed by atoms with Gasteiger partial charge in [0.25, 0.3) is 0 Å². The monoisotopic (exact) mass is 284 g/mol. The Labute approximate surface area is 122 Å². The number of carbonyl (C=O) groups excluding carboxylic acids is 1. The van der Waals surface area contributed by atoms with Crippen LogP contribution >= 0.6 is 0 Å². The maximum absolute atomic E-state index is 12.2. The first kappa shape index (κ1) is 15.7. The van der Waals surface area contributed by atoms with E-state index in [1.807, 2.05) is 13.8 Å². The summed E-state index contributed by atoms with van der Waals surface area (Å²) in [6, 6.07) is 0.979. The minimum absolute atomic E-state index is 0.122. The molecule has 2 aliphatic rings. The fourth-order valence-electron chi connectivity index (χ4n) is 2.65. The van der Waals surface area contributed by atoms with E-state index in [2.05, 4.69) is 17.3 Å². The molecule has 1 aliphatic carbocycles. The van der Waals surface area contributed by atoms with Gasteiger partial charge in [0, 0.05) is 25.2 Å². The van der Waals surface area contributed by atoms with Gasteiger partial charge >= 0.3 is 5.97 Å². The highest BCUT2D eigenvalue weighted by atomic mass is 16.5. The van der Waals surface area contributed by atoms with Crippen molar-refractivity contribution in [2.24, 2.45) is 0 Å². The number of hydrogen-bond acceptors (Lipinski definition) is 5. The zero-order valence-corrected chi connectivity index (χ0v) is 13.0. The molecule has 2 unspecified atom stereocenters. The minimum Gasteiger partial charge on any atom is -0.465 e. The van der Waals surface area contributed by atoms with Gasteiger partial charge in [-0.2, -0.15) is 0 Å². The molecule has 1 heterocycles. The smallest absolute Gasteiger partial charge is 0.326 e. The van der Waals surface area contributed by atoms with Crippen LogP contribution in [0.4, 0.5) is 0 Å². The van der Waals surface area contributed by atoms with Crippen molar-refractivity contribution in [2.45, 2.75) is 57.2 Å². The van der Waals surface area contributed by atoms with Crippen molar-refractivity contribution in [3.8, 4) is 0 Å². The summed E-state index contributed by atoms with van der Waals surface area (Å²) in [5.41, 5.74) is -0.565. The molecule has 1 saturated carbocycles. The molecular formula is C15H28N2O3. The number of likely N-dealkylation sites (N-methyl/N-ethyl adjacent to an activating group) is 1. The van der Waals surface area contributed by atoms with Gasteiger partial charge in [-0.05, 0) is 46.6 Å². The standard InChI is InChI=1S/C15H28N2O3/c1-4-20-14(18)15(2,16-12-5-6-12)8-9-17(3)13-7-10-19-11-13/h12-13,16H,4-11H2,1-3H3. The van der Waals surface area contributed by atoms with Gasteiger partial charge in [0.05, 0.1) is 13.2 Å². The van der Waals surface area contributed by atoms with Gasteiger partial charge in [-0.3, -0.25) is 10.1 Å². The van der Waals surface area contributed by atoms with E-state index in [1.54, 1.807) is 0 Å². The number of carbonyl (C=O) groups is 1. The average Bonchev–Trinajstić information content (AvgIpc) is 3.06. The van der Waals surface area contributed by atoms with E-state index in [1.165, 1.54) is 12.8 Å². The normalized spacial score (nSPS) is 25.7. The molecule has 1 saturated heterocycles. The third-order valence-corrected chi connectivity index (χ3v) is 4.32. The molecule has 2 fully saturated rings. The largest absolute Gasteiger partial charge is 0.465 e.